The van der Waals surface area contributed by atoms with Crippen LogP contribution >= 0.6 is 11.6 Å². The Kier molecular flexibility index (Phi) is 5.65. The molecule has 26 heavy (non-hydrogen) atoms. The number of carbonyl (C=O) groups is 1. The Morgan fingerprint density at radius 3 is 2.27 bits per heavy atom. The highest BCUT2D eigenvalue weighted by Crippen LogP contribution is 2.16. The SMILES string of the molecule is CS(=O)(=O)c1ccc(C(=O)N2CCN(Cc3cccc(Cl)c3)CC2)cc1. The Balaban J connectivity index is 1.58. The highest BCUT2D eigenvalue weighted by Gasteiger charge is 2.22. The van der Waals surface area contributed by atoms with E-state index in [4.69, 9.17) is 11.6 Å². The summed E-state index contributed by atoms with van der Waals surface area (Å²) >= 11 is 6.03. The van der Waals surface area contributed by atoms with Gasteiger partial charge in [0.1, 0.15) is 0 Å². The quantitative estimate of drug-likeness (QED) is 0.802. The molecule has 0 atom stereocenters. The fraction of sp³-hybridized carbons (Fsp3) is 0.316. The van der Waals surface area contributed by atoms with Crippen molar-refractivity contribution in [1.29, 1.82) is 0 Å². The summed E-state index contributed by atoms with van der Waals surface area (Å²) in [5, 5.41) is 0.730. The molecule has 0 aliphatic carbocycles. The van der Waals surface area contributed by atoms with Crippen molar-refractivity contribution in [3.8, 4) is 0 Å². The van der Waals surface area contributed by atoms with Gasteiger partial charge in [0.05, 0.1) is 4.90 Å². The Morgan fingerprint density at radius 2 is 1.69 bits per heavy atom. The minimum absolute atomic E-state index is 0.0625. The fourth-order valence-electron chi connectivity index (χ4n) is 3.03. The number of hydrogen-bond donors (Lipinski definition) is 0. The lowest BCUT2D eigenvalue weighted by Gasteiger charge is -2.34. The molecule has 2 aromatic carbocycles. The molecule has 138 valence electrons. The normalized spacial score (nSPS) is 15.8. The number of sulfone groups is 1. The van der Waals surface area contributed by atoms with Crippen molar-refractivity contribution in [2.24, 2.45) is 0 Å². The van der Waals surface area contributed by atoms with E-state index in [1.165, 1.54) is 12.1 Å². The van der Waals surface area contributed by atoms with Crippen molar-refractivity contribution in [2.45, 2.75) is 11.4 Å². The van der Waals surface area contributed by atoms with Gasteiger partial charge in [-0.3, -0.25) is 9.69 Å². The number of nitrogens with zero attached hydrogens (tertiary/aromatic N) is 2. The molecule has 7 heteroatoms. The molecule has 1 saturated heterocycles. The van der Waals surface area contributed by atoms with Gasteiger partial charge in [-0.05, 0) is 42.0 Å². The van der Waals surface area contributed by atoms with Crippen LogP contribution in [-0.4, -0.2) is 56.6 Å². The third-order valence-corrected chi connectivity index (χ3v) is 5.85. The first-order valence-corrected chi connectivity index (χ1v) is 10.7. The second-order valence-electron chi connectivity index (χ2n) is 6.49. The van der Waals surface area contributed by atoms with Gasteiger partial charge in [-0.25, -0.2) is 8.42 Å². The van der Waals surface area contributed by atoms with Crippen LogP contribution in [0.4, 0.5) is 0 Å². The van der Waals surface area contributed by atoms with E-state index in [1.54, 1.807) is 12.1 Å². The second kappa shape index (κ2) is 7.78. The van der Waals surface area contributed by atoms with Gasteiger partial charge >= 0.3 is 0 Å². The van der Waals surface area contributed by atoms with Gasteiger partial charge in [0.15, 0.2) is 9.84 Å². The Morgan fingerprint density at radius 1 is 1.04 bits per heavy atom. The molecular formula is C19H21ClN2O3S. The van der Waals surface area contributed by atoms with Gasteiger partial charge in [0.2, 0.25) is 0 Å². The zero-order chi connectivity index (χ0) is 18.7. The van der Waals surface area contributed by atoms with Gasteiger partial charge in [-0.15, -0.1) is 0 Å². The van der Waals surface area contributed by atoms with E-state index in [9.17, 15) is 13.2 Å². The summed E-state index contributed by atoms with van der Waals surface area (Å²) in [6, 6.07) is 13.9. The number of piperazine rings is 1. The molecular weight excluding hydrogens is 372 g/mol. The van der Waals surface area contributed by atoms with Crippen LogP contribution in [0.25, 0.3) is 0 Å². The zero-order valence-electron chi connectivity index (χ0n) is 14.6. The number of carbonyl (C=O) groups excluding carboxylic acids is 1. The first-order chi connectivity index (χ1) is 12.3. The van der Waals surface area contributed by atoms with E-state index in [0.717, 1.165) is 36.5 Å². The van der Waals surface area contributed by atoms with E-state index in [2.05, 4.69) is 4.90 Å². The van der Waals surface area contributed by atoms with Crippen LogP contribution in [0.15, 0.2) is 53.4 Å². The zero-order valence-corrected chi connectivity index (χ0v) is 16.1. The lowest BCUT2D eigenvalue weighted by atomic mass is 10.1. The molecule has 1 heterocycles. The van der Waals surface area contributed by atoms with Crippen molar-refractivity contribution in [2.75, 3.05) is 32.4 Å². The first-order valence-electron chi connectivity index (χ1n) is 8.39. The predicted octanol–water partition coefficient (Wildman–Crippen LogP) is 2.70. The second-order valence-corrected chi connectivity index (χ2v) is 8.95. The monoisotopic (exact) mass is 392 g/mol. The van der Waals surface area contributed by atoms with Crippen LogP contribution in [0, 0.1) is 0 Å². The maximum atomic E-state index is 12.6. The summed E-state index contributed by atoms with van der Waals surface area (Å²) in [6.45, 7) is 3.69. The summed E-state index contributed by atoms with van der Waals surface area (Å²) in [7, 11) is -3.25. The minimum Gasteiger partial charge on any atom is -0.336 e. The average molecular weight is 393 g/mol. The van der Waals surface area contributed by atoms with Crippen LogP contribution in [0.1, 0.15) is 15.9 Å². The number of halogens is 1. The van der Waals surface area contributed by atoms with Crippen molar-refractivity contribution in [3.05, 3.63) is 64.7 Å². The lowest BCUT2D eigenvalue weighted by Crippen LogP contribution is -2.48. The van der Waals surface area contributed by atoms with Crippen molar-refractivity contribution in [3.63, 3.8) is 0 Å². The Bertz CT molecular complexity index is 889. The van der Waals surface area contributed by atoms with E-state index in [-0.39, 0.29) is 10.8 Å². The molecule has 0 radical (unpaired) electrons. The molecule has 5 nitrogen and oxygen atoms in total. The third-order valence-electron chi connectivity index (χ3n) is 4.48. The Labute approximate surface area is 159 Å². The van der Waals surface area contributed by atoms with Crippen LogP contribution in [-0.2, 0) is 16.4 Å². The summed E-state index contributed by atoms with van der Waals surface area (Å²) in [6.07, 6.45) is 1.16. The van der Waals surface area contributed by atoms with E-state index < -0.39 is 9.84 Å². The van der Waals surface area contributed by atoms with Crippen LogP contribution < -0.4 is 0 Å². The minimum atomic E-state index is -3.25. The van der Waals surface area contributed by atoms with E-state index in [1.807, 2.05) is 29.2 Å². The molecule has 0 bridgehead atoms. The van der Waals surface area contributed by atoms with Gasteiger partial charge in [0.25, 0.3) is 5.91 Å². The standard InChI is InChI=1S/C19H21ClN2O3S/c1-26(24,25)18-7-5-16(6-8-18)19(23)22-11-9-21(10-12-22)14-15-3-2-4-17(20)13-15/h2-8,13H,9-12,14H2,1H3. The molecule has 3 rings (SSSR count). The number of amides is 1. The molecule has 0 saturated carbocycles. The van der Waals surface area contributed by atoms with Gasteiger partial charge < -0.3 is 4.90 Å². The molecule has 1 aliphatic heterocycles. The molecule has 0 unspecified atom stereocenters. The average Bonchev–Trinajstić information content (AvgIpc) is 2.61. The smallest absolute Gasteiger partial charge is 0.253 e. The highest BCUT2D eigenvalue weighted by molar-refractivity contribution is 7.90. The predicted molar refractivity (Wildman–Crippen MR) is 102 cm³/mol. The van der Waals surface area contributed by atoms with Crippen LogP contribution in [0.3, 0.4) is 0 Å². The molecule has 0 aromatic heterocycles. The van der Waals surface area contributed by atoms with Gasteiger partial charge in [-0.2, -0.15) is 0 Å². The molecule has 1 aliphatic rings. The van der Waals surface area contributed by atoms with E-state index >= 15 is 0 Å². The molecule has 2 aromatic rings. The molecule has 0 spiro atoms. The van der Waals surface area contributed by atoms with Crippen LogP contribution in [0.2, 0.25) is 5.02 Å². The fourth-order valence-corrected chi connectivity index (χ4v) is 3.87. The van der Waals surface area contributed by atoms with Crippen molar-refractivity contribution in [1.82, 2.24) is 9.80 Å². The summed E-state index contributed by atoms with van der Waals surface area (Å²) in [5.74, 6) is -0.0625. The van der Waals surface area contributed by atoms with Crippen molar-refractivity contribution >= 4 is 27.3 Å². The third kappa shape index (κ3) is 4.63. The highest BCUT2D eigenvalue weighted by atomic mass is 35.5. The number of benzene rings is 2. The lowest BCUT2D eigenvalue weighted by molar-refractivity contribution is 0.0628. The first kappa shape index (κ1) is 18.9. The van der Waals surface area contributed by atoms with Crippen molar-refractivity contribution < 1.29 is 13.2 Å². The summed E-state index contributed by atoms with van der Waals surface area (Å²) in [4.78, 5) is 16.9. The topological polar surface area (TPSA) is 57.7 Å². The summed E-state index contributed by atoms with van der Waals surface area (Å²) in [5.41, 5.74) is 1.68. The maximum Gasteiger partial charge on any atom is 0.253 e. The largest absolute Gasteiger partial charge is 0.336 e. The number of hydrogen-bond acceptors (Lipinski definition) is 4. The van der Waals surface area contributed by atoms with Crippen LogP contribution in [0.5, 0.6) is 0 Å². The van der Waals surface area contributed by atoms with Gasteiger partial charge in [-0.1, -0.05) is 23.7 Å². The molecule has 1 fully saturated rings. The summed E-state index contributed by atoms with van der Waals surface area (Å²) < 4.78 is 23.0. The van der Waals surface area contributed by atoms with Gasteiger partial charge in [0, 0.05) is 49.6 Å². The number of rotatable bonds is 4. The molecule has 0 N–H and O–H groups in total. The Hall–Kier alpha value is -1.89. The molecule has 1 amide bonds. The maximum absolute atomic E-state index is 12.6. The van der Waals surface area contributed by atoms with E-state index in [0.29, 0.717) is 18.7 Å².